The van der Waals surface area contributed by atoms with Crippen LogP contribution in [0.5, 0.6) is 0 Å². The average molecular weight is 560 g/mol. The fourth-order valence-electron chi connectivity index (χ4n) is 5.43. The van der Waals surface area contributed by atoms with Crippen LogP contribution in [0, 0.1) is 0 Å². The molecule has 200 valence electrons. The van der Waals surface area contributed by atoms with Gasteiger partial charge in [0.25, 0.3) is 0 Å². The molecule has 0 aliphatic carbocycles. The lowest BCUT2D eigenvalue weighted by atomic mass is 9.92. The highest BCUT2D eigenvalue weighted by atomic mass is 32.2. The van der Waals surface area contributed by atoms with Gasteiger partial charge in [-0.25, -0.2) is 0 Å². The van der Waals surface area contributed by atoms with Crippen LogP contribution in [0.1, 0.15) is 0 Å². The maximum atomic E-state index is 4.87. The lowest BCUT2D eigenvalue weighted by Crippen LogP contribution is -1.89. The number of benzene rings is 2. The van der Waals surface area contributed by atoms with Crippen LogP contribution in [-0.4, -0.2) is 19.9 Å². The Bertz CT molecular complexity index is 1790. The van der Waals surface area contributed by atoms with Crippen molar-refractivity contribution in [2.75, 3.05) is 0 Å². The Kier molecular flexibility index (Phi) is 6.92. The third-order valence-electron chi connectivity index (χ3n) is 7.35. The van der Waals surface area contributed by atoms with Crippen LogP contribution in [0.4, 0.5) is 0 Å². The van der Waals surface area contributed by atoms with Crippen LogP contribution in [0.25, 0.3) is 65.9 Å². The fourth-order valence-corrected chi connectivity index (χ4v) is 7.63. The van der Waals surface area contributed by atoms with Crippen molar-refractivity contribution in [3.8, 4) is 65.9 Å². The van der Waals surface area contributed by atoms with Crippen molar-refractivity contribution in [2.45, 2.75) is 0 Å². The molecule has 0 unspecified atom stereocenters. The van der Waals surface area contributed by atoms with Crippen molar-refractivity contribution >= 4 is 10.5 Å². The molecule has 5 heteroatoms. The molecule has 5 heterocycles. The first-order chi connectivity index (χ1) is 20.8. The molecule has 7 rings (SSSR count). The summed E-state index contributed by atoms with van der Waals surface area (Å²) in [4.78, 5) is 21.3. The normalized spacial score (nSPS) is 11.0. The van der Waals surface area contributed by atoms with E-state index in [1.165, 1.54) is 32.0 Å². The Hall–Kier alpha value is -5.26. The van der Waals surface area contributed by atoms with E-state index in [0.29, 0.717) is 0 Å². The largest absolute Gasteiger partial charge is 0.255 e. The van der Waals surface area contributed by atoms with E-state index < -0.39 is 0 Å². The minimum atomic E-state index is -0.266. The quantitative estimate of drug-likeness (QED) is 0.190. The van der Waals surface area contributed by atoms with Crippen molar-refractivity contribution in [2.24, 2.45) is 6.26 Å². The van der Waals surface area contributed by atoms with Gasteiger partial charge in [-0.3, -0.25) is 19.9 Å². The number of nitrogens with zero attached hydrogens (tertiary/aromatic N) is 4. The van der Waals surface area contributed by atoms with E-state index in [1.807, 2.05) is 48.8 Å². The Labute approximate surface area is 248 Å². The molecule has 0 fully saturated rings. The van der Waals surface area contributed by atoms with Gasteiger partial charge in [-0.15, -0.1) is 0 Å². The monoisotopic (exact) mass is 559 g/mol. The van der Waals surface area contributed by atoms with E-state index in [0.717, 1.165) is 33.9 Å². The van der Waals surface area contributed by atoms with Gasteiger partial charge < -0.3 is 0 Å². The maximum absolute atomic E-state index is 4.87. The molecule has 0 spiro atoms. The third-order valence-corrected chi connectivity index (χ3v) is 9.45. The molecule has 0 N–H and O–H groups in total. The number of aromatic nitrogens is 4. The summed E-state index contributed by atoms with van der Waals surface area (Å²) >= 11 is 0. The van der Waals surface area contributed by atoms with Crippen LogP contribution in [0.2, 0.25) is 0 Å². The molecular weight excluding hydrogens is 533 g/mol. The highest BCUT2D eigenvalue weighted by Gasteiger charge is 2.34. The molecule has 0 atom stereocenters. The number of hydrogen-bond donors (Lipinski definition) is 0. The van der Waals surface area contributed by atoms with Gasteiger partial charge in [0.1, 0.15) is 6.26 Å². The fraction of sp³-hybridized carbons (Fsp3) is 0.0270. The molecule has 0 aliphatic heterocycles. The molecular formula is C37H27N4S+. The van der Waals surface area contributed by atoms with Gasteiger partial charge in [0, 0.05) is 24.8 Å². The molecule has 2 aromatic carbocycles. The molecule has 4 nitrogen and oxygen atoms in total. The zero-order chi connectivity index (χ0) is 28.3. The summed E-state index contributed by atoms with van der Waals surface area (Å²) in [5, 5.41) is 0. The van der Waals surface area contributed by atoms with Crippen molar-refractivity contribution in [1.82, 2.24) is 19.9 Å². The zero-order valence-electron chi connectivity index (χ0n) is 23.1. The van der Waals surface area contributed by atoms with Crippen molar-refractivity contribution in [1.29, 1.82) is 0 Å². The summed E-state index contributed by atoms with van der Waals surface area (Å²) in [7, 11) is -0.266. The van der Waals surface area contributed by atoms with Crippen molar-refractivity contribution in [3.63, 3.8) is 0 Å². The van der Waals surface area contributed by atoms with Gasteiger partial charge in [0.15, 0.2) is 9.75 Å². The number of pyridine rings is 4. The standard InChI is InChI=1S/C37H27N4S/c1-42-36(28-18-20-32(40-24-28)30-16-8-10-22-38-30)34(26-12-4-2-5-13-26)35(27-14-6-3-7-15-27)37(42)29-19-21-33(41-25-29)31-17-9-11-23-39-31/h2-25H,1H3/q+1. The van der Waals surface area contributed by atoms with Gasteiger partial charge in [-0.05, 0) is 70.1 Å². The molecule has 0 radical (unpaired) electrons. The summed E-state index contributed by atoms with van der Waals surface area (Å²) in [6, 6.07) is 41.7. The Morgan fingerprint density at radius 3 is 1.14 bits per heavy atom. The van der Waals surface area contributed by atoms with Crippen LogP contribution in [0.15, 0.2) is 146 Å². The Balaban J connectivity index is 1.47. The summed E-state index contributed by atoms with van der Waals surface area (Å²) in [5.41, 5.74) is 10.5. The summed E-state index contributed by atoms with van der Waals surface area (Å²) < 4.78 is 0. The minimum absolute atomic E-state index is 0.266. The van der Waals surface area contributed by atoms with E-state index in [2.05, 4.69) is 101 Å². The molecule has 0 bridgehead atoms. The molecule has 0 amide bonds. The first-order valence-corrected chi connectivity index (χ1v) is 15.4. The zero-order valence-corrected chi connectivity index (χ0v) is 23.9. The first-order valence-electron chi connectivity index (χ1n) is 13.8. The lowest BCUT2D eigenvalue weighted by Gasteiger charge is -2.07. The third kappa shape index (κ3) is 4.80. The molecule has 0 saturated carbocycles. The maximum Gasteiger partial charge on any atom is 0.190 e. The van der Waals surface area contributed by atoms with E-state index in [4.69, 9.17) is 9.97 Å². The highest BCUT2D eigenvalue weighted by molar-refractivity contribution is 7.36. The Morgan fingerprint density at radius 2 is 0.786 bits per heavy atom. The molecule has 5 aromatic heterocycles. The SMILES string of the molecule is C[s+]1c(-c2ccc(-c3ccccn3)nc2)c(-c2ccccc2)c(-c2ccccc2)c1-c1ccc(-c2ccccn2)nc1. The van der Waals surface area contributed by atoms with E-state index in [1.54, 1.807) is 12.4 Å². The highest BCUT2D eigenvalue weighted by Crippen LogP contribution is 2.56. The van der Waals surface area contributed by atoms with Gasteiger partial charge in [0.05, 0.1) is 45.0 Å². The van der Waals surface area contributed by atoms with Crippen LogP contribution >= 0.6 is 10.5 Å². The minimum Gasteiger partial charge on any atom is -0.255 e. The second-order valence-corrected chi connectivity index (χ2v) is 11.8. The summed E-state index contributed by atoms with van der Waals surface area (Å²) in [6.45, 7) is 0. The van der Waals surface area contributed by atoms with E-state index in [9.17, 15) is 0 Å². The topological polar surface area (TPSA) is 51.6 Å². The van der Waals surface area contributed by atoms with Gasteiger partial charge in [-0.1, -0.05) is 72.8 Å². The average Bonchev–Trinajstić information content (AvgIpc) is 3.39. The Morgan fingerprint density at radius 1 is 0.381 bits per heavy atom. The van der Waals surface area contributed by atoms with Gasteiger partial charge >= 0.3 is 0 Å². The van der Waals surface area contributed by atoms with Crippen LogP contribution < -0.4 is 0 Å². The summed E-state index contributed by atoms with van der Waals surface area (Å²) in [6.07, 6.45) is 9.93. The second kappa shape index (κ2) is 11.3. The smallest absolute Gasteiger partial charge is 0.190 e. The van der Waals surface area contributed by atoms with Crippen LogP contribution in [-0.2, 0) is 6.26 Å². The van der Waals surface area contributed by atoms with Crippen LogP contribution in [0.3, 0.4) is 0 Å². The molecule has 42 heavy (non-hydrogen) atoms. The predicted octanol–water partition coefficient (Wildman–Crippen LogP) is 9.55. The molecule has 7 aromatic rings. The number of rotatable bonds is 6. The number of hydrogen-bond acceptors (Lipinski definition) is 4. The number of thiophene rings is 1. The van der Waals surface area contributed by atoms with Gasteiger partial charge in [0.2, 0.25) is 0 Å². The van der Waals surface area contributed by atoms with E-state index in [-0.39, 0.29) is 10.5 Å². The second-order valence-electron chi connectivity index (χ2n) is 9.94. The van der Waals surface area contributed by atoms with Crippen molar-refractivity contribution in [3.05, 3.63) is 146 Å². The first kappa shape index (κ1) is 25.7. The van der Waals surface area contributed by atoms with E-state index >= 15 is 0 Å². The summed E-state index contributed by atoms with van der Waals surface area (Å²) in [5.74, 6) is 0. The molecule has 0 saturated heterocycles. The molecule has 0 aliphatic rings. The van der Waals surface area contributed by atoms with Crippen molar-refractivity contribution < 1.29 is 0 Å². The lowest BCUT2D eigenvalue weighted by molar-refractivity contribution is 1.25. The predicted molar refractivity (Wildman–Crippen MR) is 174 cm³/mol. The van der Waals surface area contributed by atoms with Gasteiger partial charge in [-0.2, -0.15) is 0 Å².